The number of esters is 2. The molecule has 0 radical (unpaired) electrons. The van der Waals surface area contributed by atoms with Gasteiger partial charge in [-0.15, -0.1) is 20.4 Å². The van der Waals surface area contributed by atoms with Crippen molar-refractivity contribution in [2.75, 3.05) is 49.8 Å². The molecule has 0 unspecified atom stereocenters. The highest BCUT2D eigenvalue weighted by Crippen LogP contribution is 2.40. The first-order valence-corrected chi connectivity index (χ1v) is 51.4. The van der Waals surface area contributed by atoms with Gasteiger partial charge >= 0.3 is 11.9 Å². The molecule has 4 heterocycles. The van der Waals surface area contributed by atoms with Gasteiger partial charge in [0.15, 0.2) is 0 Å². The Balaban J connectivity index is 0.000000154. The molecule has 5 aliphatic rings. The lowest BCUT2D eigenvalue weighted by atomic mass is 9.87. The van der Waals surface area contributed by atoms with E-state index in [9.17, 15) is 37.5 Å². The third-order valence-corrected chi connectivity index (χ3v) is 29.1. The summed E-state index contributed by atoms with van der Waals surface area (Å²) in [4.78, 5) is 71.3. The molecule has 0 spiro atoms. The van der Waals surface area contributed by atoms with E-state index >= 15 is 0 Å². The van der Waals surface area contributed by atoms with E-state index in [1.165, 1.54) is 12.7 Å². The largest absolute Gasteiger partial charge is 0.508 e. The quantitative estimate of drug-likeness (QED) is 0.0344. The number of amides is 3. The fourth-order valence-electron chi connectivity index (χ4n) is 19.5. The van der Waals surface area contributed by atoms with Crippen LogP contribution in [0.3, 0.4) is 0 Å². The molecule has 4 atom stereocenters. The van der Waals surface area contributed by atoms with Gasteiger partial charge in [-0.05, 0) is 239 Å². The van der Waals surface area contributed by atoms with Crippen LogP contribution < -0.4 is 42.6 Å². The fraction of sp³-hybridized carbons (Fsp3) is 0.445. The molecule has 17 rings (SSSR count). The lowest BCUT2D eigenvalue weighted by Crippen LogP contribution is -2.35. The van der Waals surface area contributed by atoms with Gasteiger partial charge in [-0.25, -0.2) is 31.9 Å². The molecule has 2 N–H and O–H groups in total. The van der Waals surface area contributed by atoms with E-state index in [4.69, 9.17) is 47.4 Å². The topological polar surface area (TPSA) is 377 Å². The summed E-state index contributed by atoms with van der Waals surface area (Å²) < 4.78 is 90.3. The number of carbonyl (C=O) groups is 5. The number of carbonyl (C=O) groups excluding carboxylic acids is 5. The van der Waals surface area contributed by atoms with Crippen LogP contribution in [0.5, 0.6) is 51.7 Å². The first kappa shape index (κ1) is 107. The van der Waals surface area contributed by atoms with Gasteiger partial charge in [0.05, 0.1) is 145 Å². The highest BCUT2D eigenvalue weighted by molar-refractivity contribution is 7.89. The van der Waals surface area contributed by atoms with Crippen molar-refractivity contribution in [3.8, 4) is 91.2 Å². The molecule has 5 fully saturated rings. The highest BCUT2D eigenvalue weighted by Gasteiger charge is 2.37. The lowest BCUT2D eigenvalue weighted by molar-refractivity contribution is -0.154. The first-order valence-electron chi connectivity index (χ1n) is 49.9. The third kappa shape index (κ3) is 27.9. The monoisotopic (exact) mass is 2000 g/mol. The second-order valence-corrected chi connectivity index (χ2v) is 39.7. The van der Waals surface area contributed by atoms with Gasteiger partial charge in [-0.1, -0.05) is 107 Å². The number of nitrogens with one attached hydrogen (secondary N) is 1. The molecule has 8 aromatic carbocycles. The number of phenolic OH excluding ortho intramolecular Hbond substituents is 1. The number of rotatable bonds is 36. The second-order valence-electron chi connectivity index (χ2n) is 37.9. The number of methoxy groups -OCH3 is 7. The van der Waals surface area contributed by atoms with E-state index in [1.54, 1.807) is 123 Å². The normalized spacial score (nSPS) is 16.4. The SMILES string of the molecule is COC(=O)[C@H]1CCC[C@H](Oc2ccc(-n3nnc(C)c3CNS(=O)(=O)c3ccccc3)cc2)C1.COc1ccc(CN(Cc2c(-c3ccc(C)cc3)nnn2C)C(=O)C2CCCC2)c(OC)c1.COc1ccc(CN(Cc2c(-c3ccc(O)cc3)nnn2C)C(=O)C2CCCC2)c(OC)c1.COc1ccc(CN(Cc2c(-c3ccc(O[C@H]4CCC[C@H](C(=O)OC(C)C)C4)cc3)nnn2C)C(=O)C2CCCC2)c(OC)c1. The van der Waals surface area contributed by atoms with Gasteiger partial charge < -0.3 is 67.2 Å². The number of aryl methyl sites for hydroxylation is 5. The van der Waals surface area contributed by atoms with Gasteiger partial charge in [-0.2, -0.15) is 0 Å². The summed E-state index contributed by atoms with van der Waals surface area (Å²) in [6, 6.07) is 55.6. The second kappa shape index (κ2) is 50.8. The van der Waals surface area contributed by atoms with E-state index in [1.807, 2.05) is 153 Å². The average Bonchev–Trinajstić information content (AvgIpc) is 1.69. The Kier molecular flexibility index (Phi) is 37.3. The predicted octanol–water partition coefficient (Wildman–Crippen LogP) is 17.7. The van der Waals surface area contributed by atoms with Crippen LogP contribution in [0, 0.1) is 43.4 Å². The van der Waals surface area contributed by atoms with Crippen molar-refractivity contribution in [1.29, 1.82) is 0 Å². The molecule has 34 nitrogen and oxygen atoms in total. The third-order valence-electron chi connectivity index (χ3n) is 27.7. The van der Waals surface area contributed by atoms with Crippen LogP contribution in [0.25, 0.3) is 39.5 Å². The summed E-state index contributed by atoms with van der Waals surface area (Å²) in [6.45, 7) is 10.0. The minimum Gasteiger partial charge on any atom is -0.508 e. The molecule has 3 amide bonds. The molecule has 5 saturated carbocycles. The van der Waals surface area contributed by atoms with Crippen molar-refractivity contribution >= 4 is 39.7 Å². The van der Waals surface area contributed by atoms with Crippen LogP contribution in [0.15, 0.2) is 187 Å². The summed E-state index contributed by atoms with van der Waals surface area (Å²) in [6.07, 6.45) is 18.5. The molecule has 35 heteroatoms. The smallest absolute Gasteiger partial charge is 0.309 e. The minimum absolute atomic E-state index is 0.0157. The molecule has 12 aromatic rings. The number of aromatic nitrogens is 12. The summed E-state index contributed by atoms with van der Waals surface area (Å²) >= 11 is 0. The maximum absolute atomic E-state index is 13.9. The molecule has 0 saturated heterocycles. The van der Waals surface area contributed by atoms with Crippen molar-refractivity contribution < 1.29 is 84.9 Å². The number of nitrogens with zero attached hydrogens (tertiary/aromatic N) is 15. The Hall–Kier alpha value is -14.2. The van der Waals surface area contributed by atoms with E-state index in [2.05, 4.69) is 77.2 Å². The van der Waals surface area contributed by atoms with Gasteiger partial charge in [0.2, 0.25) is 27.7 Å². The van der Waals surface area contributed by atoms with Crippen LogP contribution >= 0.6 is 0 Å². The Bertz CT molecular complexity index is 6240. The predicted molar refractivity (Wildman–Crippen MR) is 546 cm³/mol. The van der Waals surface area contributed by atoms with Gasteiger partial charge in [0.25, 0.3) is 0 Å². The average molecular weight is 2000 g/mol. The number of hydrogen-bond acceptors (Lipinski definition) is 26. The van der Waals surface area contributed by atoms with Crippen molar-refractivity contribution in [1.82, 2.24) is 79.4 Å². The molecule has 5 aliphatic carbocycles. The maximum Gasteiger partial charge on any atom is 0.309 e. The van der Waals surface area contributed by atoms with E-state index in [0.717, 1.165) is 195 Å². The van der Waals surface area contributed by atoms with Crippen LogP contribution in [0.2, 0.25) is 0 Å². The fourth-order valence-corrected chi connectivity index (χ4v) is 20.5. The summed E-state index contributed by atoms with van der Waals surface area (Å²) in [7, 11) is 13.1. The van der Waals surface area contributed by atoms with Gasteiger partial charge in [0, 0.05) is 110 Å². The Labute approximate surface area is 848 Å². The van der Waals surface area contributed by atoms with Crippen molar-refractivity contribution in [3.05, 3.63) is 233 Å². The minimum atomic E-state index is -3.66. The summed E-state index contributed by atoms with van der Waals surface area (Å²) in [5.74, 6) is 5.86. The van der Waals surface area contributed by atoms with E-state index < -0.39 is 10.0 Å². The molecule has 0 bridgehead atoms. The van der Waals surface area contributed by atoms with Gasteiger partial charge in [0.1, 0.15) is 68.8 Å². The van der Waals surface area contributed by atoms with Crippen LogP contribution in [-0.2, 0) is 110 Å². The van der Waals surface area contributed by atoms with Crippen LogP contribution in [-0.4, -0.2) is 186 Å². The molecular formula is C110H136N16O18S. The molecule has 4 aromatic heterocycles. The molecule has 145 heavy (non-hydrogen) atoms. The zero-order chi connectivity index (χ0) is 103. The number of ether oxygens (including phenoxy) is 10. The zero-order valence-corrected chi connectivity index (χ0v) is 86.4. The molecule has 0 aliphatic heterocycles. The summed E-state index contributed by atoms with van der Waals surface area (Å²) in [5, 5.41) is 44.0. The Morgan fingerprint density at radius 1 is 0.400 bits per heavy atom. The van der Waals surface area contributed by atoms with Gasteiger partial charge in [-0.3, -0.25) is 24.0 Å². The van der Waals surface area contributed by atoms with Crippen LogP contribution in [0.1, 0.15) is 193 Å². The number of hydrogen-bond donors (Lipinski definition) is 2. The zero-order valence-electron chi connectivity index (χ0n) is 85.5. The van der Waals surface area contributed by atoms with Crippen molar-refractivity contribution in [2.24, 2.45) is 50.7 Å². The highest BCUT2D eigenvalue weighted by atomic mass is 32.2. The number of phenols is 1. The maximum atomic E-state index is 13.9. The van der Waals surface area contributed by atoms with Crippen molar-refractivity contribution in [2.45, 2.75) is 225 Å². The first-order chi connectivity index (χ1) is 70.1. The van der Waals surface area contributed by atoms with E-state index in [-0.39, 0.29) is 94.8 Å². The molecule has 770 valence electrons. The Morgan fingerprint density at radius 3 is 1.13 bits per heavy atom. The number of benzene rings is 8. The molecular weight excluding hydrogens is 1870 g/mol. The lowest BCUT2D eigenvalue weighted by Gasteiger charge is -2.29. The van der Waals surface area contributed by atoms with E-state index in [0.29, 0.717) is 104 Å². The van der Waals surface area contributed by atoms with Crippen LogP contribution in [0.4, 0.5) is 0 Å². The number of aromatic hydroxyl groups is 1. The number of sulfonamides is 1. The van der Waals surface area contributed by atoms with Crippen molar-refractivity contribution in [3.63, 3.8) is 0 Å². The Morgan fingerprint density at radius 2 is 0.759 bits per heavy atom. The summed E-state index contributed by atoms with van der Waals surface area (Å²) in [5.41, 5.74) is 13.5. The standard InChI is InChI=1S/C35H46N4O6.C26H32N4O3.C25H30N4O4.C24H28N4O5S/c1-23(2)44-35(41)26-11-8-12-30(19-26)45-28-16-13-24(14-17-28)33-31(38(3)37-36-33)22-39(34(40)25-9-6-7-10-25)21-27-15-18-29(42-4)20-32(27)43-5;1-18-9-11-19(12-10-18)25-23(29(2)28-27-25)17-30(26(31)20-7-5-6-8-20)16-21-13-14-22(32-3)15-24(21)33-4;1-28-22(24(26-27-28)17-8-11-20(30)12-9-17)16-29(25(31)18-6-4-5-7-18)15-19-10-13-21(32-2)14-23(19)33-3;1-17-23(16-25-34(30,31)22-9-4-3-5-10-22)28(27-26-17)19-11-13-20(14-12-19)33-21-8-6-7-18(15-21)24(29)32-2/h13-18,20,23,25-26,30H,6-12,19,21-22H2,1-5H3;9-15,20H,5-8,16-17H2,1-4H3;8-14,18,30H,4-7,15-16H2,1-3H3;3-5,9-14,18,21,25H,6-8,15-16H2,1-2H3/t26-,30-;;;18-,21-/m0..0/s1.